The van der Waals surface area contributed by atoms with Crippen LogP contribution in [0.4, 0.5) is 0 Å². The molecule has 2 aliphatic rings. The van der Waals surface area contributed by atoms with Gasteiger partial charge in [0, 0.05) is 21.3 Å². The maximum absolute atomic E-state index is 12.0. The molecule has 70 valence electrons. The monoisotopic (exact) mass is 186 g/mol. The van der Waals surface area contributed by atoms with E-state index in [1.165, 1.54) is 51.4 Å². The van der Waals surface area contributed by atoms with E-state index in [2.05, 4.69) is 0 Å². The van der Waals surface area contributed by atoms with Gasteiger partial charge in [-0.15, -0.1) is 0 Å². The Kier molecular flexibility index (Phi) is 2.84. The molecule has 2 rings (SSSR count). The van der Waals surface area contributed by atoms with Gasteiger partial charge in [-0.2, -0.15) is 0 Å². The largest absolute Gasteiger partial charge is 0.259 e. The first-order chi connectivity index (χ1) is 5.88. The molecule has 0 spiro atoms. The van der Waals surface area contributed by atoms with E-state index in [1.54, 1.807) is 0 Å². The molecule has 0 heterocycles. The van der Waals surface area contributed by atoms with Gasteiger partial charge in [0.15, 0.2) is 0 Å². The molecule has 12 heavy (non-hydrogen) atoms. The van der Waals surface area contributed by atoms with Gasteiger partial charge in [-0.3, -0.25) is 4.21 Å². The lowest BCUT2D eigenvalue weighted by molar-refractivity contribution is 0.653. The summed E-state index contributed by atoms with van der Waals surface area (Å²) in [7, 11) is -0.471. The van der Waals surface area contributed by atoms with Crippen LogP contribution in [0.5, 0.6) is 0 Å². The van der Waals surface area contributed by atoms with Gasteiger partial charge in [0.25, 0.3) is 0 Å². The van der Waals surface area contributed by atoms with Crippen molar-refractivity contribution in [3.63, 3.8) is 0 Å². The van der Waals surface area contributed by atoms with Gasteiger partial charge in [0.2, 0.25) is 0 Å². The normalized spacial score (nSPS) is 27.4. The van der Waals surface area contributed by atoms with Gasteiger partial charge in [0.1, 0.15) is 0 Å². The number of hydrogen-bond donors (Lipinski definition) is 0. The van der Waals surface area contributed by atoms with E-state index in [1.807, 2.05) is 0 Å². The average Bonchev–Trinajstić information content (AvgIpc) is 2.77. The zero-order chi connectivity index (χ0) is 8.39. The molecule has 0 aromatic heterocycles. The minimum absolute atomic E-state index is 0.471. The maximum Gasteiger partial charge on any atom is 0.0350 e. The molecule has 0 aromatic carbocycles. The van der Waals surface area contributed by atoms with E-state index in [0.29, 0.717) is 10.5 Å². The molecule has 1 nitrogen and oxygen atoms in total. The van der Waals surface area contributed by atoms with Gasteiger partial charge >= 0.3 is 0 Å². The van der Waals surface area contributed by atoms with Crippen LogP contribution in [0, 0.1) is 0 Å². The molecule has 0 amide bonds. The van der Waals surface area contributed by atoms with E-state index in [4.69, 9.17) is 0 Å². The lowest BCUT2D eigenvalue weighted by Gasteiger charge is -2.14. The molecule has 2 fully saturated rings. The van der Waals surface area contributed by atoms with E-state index >= 15 is 0 Å². The third-order valence-electron chi connectivity index (χ3n) is 3.26. The van der Waals surface area contributed by atoms with Crippen molar-refractivity contribution in [2.24, 2.45) is 0 Å². The Hall–Kier alpha value is 0.150. The maximum atomic E-state index is 12.0. The average molecular weight is 186 g/mol. The fraction of sp³-hybridized carbons (Fsp3) is 1.00. The lowest BCUT2D eigenvalue weighted by Crippen LogP contribution is -2.21. The summed E-state index contributed by atoms with van der Waals surface area (Å²) in [6.07, 6.45) is 10.2. The van der Waals surface area contributed by atoms with Crippen molar-refractivity contribution in [1.29, 1.82) is 0 Å². The molecule has 0 aromatic rings. The van der Waals surface area contributed by atoms with Crippen molar-refractivity contribution in [3.8, 4) is 0 Å². The Morgan fingerprint density at radius 2 is 1.08 bits per heavy atom. The fourth-order valence-electron chi connectivity index (χ4n) is 2.51. The highest BCUT2D eigenvalue weighted by molar-refractivity contribution is 7.86. The van der Waals surface area contributed by atoms with Crippen LogP contribution in [0.1, 0.15) is 51.4 Å². The molecule has 0 N–H and O–H groups in total. The first-order valence-corrected chi connectivity index (χ1v) is 6.55. The molecule has 0 bridgehead atoms. The summed E-state index contributed by atoms with van der Waals surface area (Å²) in [6.45, 7) is 0. The molecule has 0 aliphatic heterocycles. The second kappa shape index (κ2) is 3.91. The van der Waals surface area contributed by atoms with Crippen LogP contribution in [-0.4, -0.2) is 14.7 Å². The second-order valence-electron chi connectivity index (χ2n) is 4.14. The highest BCUT2D eigenvalue weighted by Crippen LogP contribution is 2.31. The Morgan fingerprint density at radius 1 is 0.750 bits per heavy atom. The van der Waals surface area contributed by atoms with Crippen LogP contribution >= 0.6 is 0 Å². The van der Waals surface area contributed by atoms with Crippen LogP contribution in [-0.2, 0) is 10.8 Å². The molecule has 2 aliphatic carbocycles. The predicted octanol–water partition coefficient (Wildman–Crippen LogP) is 2.62. The molecule has 0 saturated heterocycles. The SMILES string of the molecule is O=S(C1CCCC1)C1CCCC1. The van der Waals surface area contributed by atoms with E-state index in [0.717, 1.165) is 0 Å². The Bertz CT molecular complexity index is 149. The van der Waals surface area contributed by atoms with Crippen LogP contribution in [0.15, 0.2) is 0 Å². The van der Waals surface area contributed by atoms with Crippen molar-refractivity contribution < 1.29 is 4.21 Å². The number of rotatable bonds is 2. The van der Waals surface area contributed by atoms with Crippen molar-refractivity contribution >= 4 is 10.8 Å². The van der Waals surface area contributed by atoms with E-state index in [-0.39, 0.29) is 0 Å². The number of hydrogen-bond acceptors (Lipinski definition) is 1. The Balaban J connectivity index is 1.89. The van der Waals surface area contributed by atoms with Crippen molar-refractivity contribution in [3.05, 3.63) is 0 Å². The quantitative estimate of drug-likeness (QED) is 0.648. The van der Waals surface area contributed by atoms with Crippen LogP contribution in [0.3, 0.4) is 0 Å². The Labute approximate surface area is 77.4 Å². The third-order valence-corrected chi connectivity index (χ3v) is 5.52. The molecule has 2 saturated carbocycles. The fourth-order valence-corrected chi connectivity index (χ4v) is 4.65. The van der Waals surface area contributed by atoms with Crippen molar-refractivity contribution in [1.82, 2.24) is 0 Å². The first kappa shape index (κ1) is 8.74. The van der Waals surface area contributed by atoms with E-state index < -0.39 is 10.8 Å². The summed E-state index contributed by atoms with van der Waals surface area (Å²) in [5.74, 6) is 0. The molecule has 0 radical (unpaired) electrons. The smallest absolute Gasteiger partial charge is 0.0350 e. The minimum atomic E-state index is -0.471. The van der Waals surface area contributed by atoms with Crippen LogP contribution < -0.4 is 0 Å². The van der Waals surface area contributed by atoms with Crippen molar-refractivity contribution in [2.45, 2.75) is 61.9 Å². The highest BCUT2D eigenvalue weighted by Gasteiger charge is 2.29. The van der Waals surface area contributed by atoms with Crippen molar-refractivity contribution in [2.75, 3.05) is 0 Å². The van der Waals surface area contributed by atoms with Gasteiger partial charge in [0.05, 0.1) is 0 Å². The molecule has 0 unspecified atom stereocenters. The second-order valence-corrected chi connectivity index (χ2v) is 6.13. The predicted molar refractivity (Wildman–Crippen MR) is 52.7 cm³/mol. The van der Waals surface area contributed by atoms with Crippen LogP contribution in [0.25, 0.3) is 0 Å². The third kappa shape index (κ3) is 1.73. The molecular weight excluding hydrogens is 168 g/mol. The summed E-state index contributed by atoms with van der Waals surface area (Å²) in [5.41, 5.74) is 0. The summed E-state index contributed by atoms with van der Waals surface area (Å²) < 4.78 is 12.0. The zero-order valence-corrected chi connectivity index (χ0v) is 8.44. The molecule has 2 heteroatoms. The highest BCUT2D eigenvalue weighted by atomic mass is 32.2. The summed E-state index contributed by atoms with van der Waals surface area (Å²) in [4.78, 5) is 0. The first-order valence-electron chi connectivity index (χ1n) is 5.27. The van der Waals surface area contributed by atoms with E-state index in [9.17, 15) is 4.21 Å². The summed E-state index contributed by atoms with van der Waals surface area (Å²) in [6, 6.07) is 0. The molecular formula is C10H18OS. The van der Waals surface area contributed by atoms with Gasteiger partial charge in [-0.05, 0) is 25.7 Å². The van der Waals surface area contributed by atoms with Gasteiger partial charge in [-0.1, -0.05) is 25.7 Å². The van der Waals surface area contributed by atoms with Gasteiger partial charge < -0.3 is 0 Å². The summed E-state index contributed by atoms with van der Waals surface area (Å²) >= 11 is 0. The Morgan fingerprint density at radius 3 is 1.42 bits per heavy atom. The standard InChI is InChI=1S/C10H18OS/c11-12(9-5-1-2-6-9)10-7-3-4-8-10/h9-10H,1-8H2. The topological polar surface area (TPSA) is 17.1 Å². The van der Waals surface area contributed by atoms with Gasteiger partial charge in [-0.25, -0.2) is 0 Å². The molecule has 0 atom stereocenters. The lowest BCUT2D eigenvalue weighted by atomic mass is 10.4. The minimum Gasteiger partial charge on any atom is -0.259 e. The zero-order valence-electron chi connectivity index (χ0n) is 7.63. The summed E-state index contributed by atoms with van der Waals surface area (Å²) in [5, 5.41) is 1.15. The van der Waals surface area contributed by atoms with Crippen LogP contribution in [0.2, 0.25) is 0 Å².